The van der Waals surface area contributed by atoms with Crippen molar-refractivity contribution in [2.24, 2.45) is 0 Å². The van der Waals surface area contributed by atoms with E-state index in [2.05, 4.69) is 0 Å². The van der Waals surface area contributed by atoms with Crippen molar-refractivity contribution in [3.63, 3.8) is 0 Å². The van der Waals surface area contributed by atoms with E-state index in [0.29, 0.717) is 12.8 Å². The van der Waals surface area contributed by atoms with E-state index < -0.39 is 86.9 Å². The number of nitrogens with zero attached hydrogens (tertiary/aromatic N) is 2. The van der Waals surface area contributed by atoms with Gasteiger partial charge in [0.15, 0.2) is 19.7 Å². The number of fused-ring (bicyclic) bond motifs is 2. The number of piperazine rings is 1. The lowest BCUT2D eigenvalue weighted by molar-refractivity contribution is 0.0841. The van der Waals surface area contributed by atoms with Crippen LogP contribution in [0.15, 0.2) is 58.3 Å². The fraction of sp³-hybridized carbons (Fsp3) is 0.500. The monoisotopic (exact) mass is 602 g/mol. The number of hydrogen-bond acceptors (Lipinski definition) is 8. The van der Waals surface area contributed by atoms with E-state index in [-0.39, 0.29) is 9.79 Å². The minimum absolute atomic E-state index is 0.0905. The van der Waals surface area contributed by atoms with Gasteiger partial charge in [-0.25, -0.2) is 33.7 Å². The van der Waals surface area contributed by atoms with Gasteiger partial charge in [0.25, 0.3) is 0 Å². The molecule has 38 heavy (non-hydrogen) atoms. The van der Waals surface area contributed by atoms with E-state index in [1.807, 2.05) is 13.8 Å². The van der Waals surface area contributed by atoms with Crippen molar-refractivity contribution in [3.8, 4) is 0 Å². The van der Waals surface area contributed by atoms with Crippen LogP contribution in [0.5, 0.6) is 0 Å². The molecule has 2 aromatic carbocycles. The molecule has 14 heteroatoms. The zero-order valence-electron chi connectivity index (χ0n) is 21.0. The number of sulfone groups is 2. The highest BCUT2D eigenvalue weighted by molar-refractivity contribution is 7.93. The third-order valence-electron chi connectivity index (χ3n) is 7.71. The normalized spacial score (nSPS) is 29.1. The van der Waals surface area contributed by atoms with Crippen molar-refractivity contribution in [2.75, 3.05) is 23.0 Å². The fourth-order valence-corrected chi connectivity index (χ4v) is 13.8. The maximum Gasteiger partial charge on any atom is 0.243 e. The summed E-state index contributed by atoms with van der Waals surface area (Å²) in [5.74, 6) is -2.36. The lowest BCUT2D eigenvalue weighted by Gasteiger charge is -2.49. The van der Waals surface area contributed by atoms with Gasteiger partial charge in [0.05, 0.1) is 57.0 Å². The molecule has 2 aromatic rings. The van der Waals surface area contributed by atoms with Crippen molar-refractivity contribution >= 4 is 39.7 Å². The van der Waals surface area contributed by atoms with Crippen LogP contribution in [0.25, 0.3) is 0 Å². The molecular formula is C24H30N2O8S4. The third kappa shape index (κ3) is 4.62. The Labute approximate surface area is 224 Å². The van der Waals surface area contributed by atoms with Crippen LogP contribution in [0.2, 0.25) is 0 Å². The minimum Gasteiger partial charge on any atom is -0.229 e. The first-order valence-electron chi connectivity index (χ1n) is 12.4. The van der Waals surface area contributed by atoms with Gasteiger partial charge >= 0.3 is 0 Å². The van der Waals surface area contributed by atoms with Crippen LogP contribution < -0.4 is 0 Å². The first-order valence-corrected chi connectivity index (χ1v) is 18.9. The smallest absolute Gasteiger partial charge is 0.229 e. The zero-order valence-corrected chi connectivity index (χ0v) is 24.2. The van der Waals surface area contributed by atoms with Gasteiger partial charge in [-0.2, -0.15) is 8.61 Å². The Hall–Kier alpha value is -1.84. The molecule has 0 N–H and O–H groups in total. The predicted molar refractivity (Wildman–Crippen MR) is 142 cm³/mol. The van der Waals surface area contributed by atoms with Gasteiger partial charge < -0.3 is 0 Å². The zero-order chi connectivity index (χ0) is 27.7. The highest BCUT2D eigenvalue weighted by Crippen LogP contribution is 2.43. The molecule has 3 aliphatic heterocycles. The molecule has 3 aliphatic rings. The Kier molecular flexibility index (Phi) is 6.84. The SMILES string of the molecule is CCc1ccc(S(=O)(=O)N2[C@@H]3CS(=O)(=O)C[C@@H]3N(S(=O)(=O)c3ccc(CC)cc3)[C@H]3CS(=O)(=O)C[C@H]32)cc1. The molecule has 3 saturated heterocycles. The molecule has 3 heterocycles. The Morgan fingerprint density at radius 3 is 1.08 bits per heavy atom. The second kappa shape index (κ2) is 9.37. The van der Waals surface area contributed by atoms with E-state index in [1.54, 1.807) is 24.3 Å². The Balaban J connectivity index is 1.67. The number of rotatable bonds is 6. The van der Waals surface area contributed by atoms with Gasteiger partial charge in [0.1, 0.15) is 0 Å². The summed E-state index contributed by atoms with van der Waals surface area (Å²) in [7, 11) is -16.4. The molecule has 0 spiro atoms. The third-order valence-corrected chi connectivity index (χ3v) is 15.0. The molecule has 3 fully saturated rings. The number of sulfonamides is 2. The summed E-state index contributed by atoms with van der Waals surface area (Å²) in [6.45, 7) is 3.84. The summed E-state index contributed by atoms with van der Waals surface area (Å²) >= 11 is 0. The summed E-state index contributed by atoms with van der Waals surface area (Å²) in [4.78, 5) is -0.181. The van der Waals surface area contributed by atoms with Crippen molar-refractivity contribution < 1.29 is 33.7 Å². The summed E-state index contributed by atoms with van der Waals surface area (Å²) in [5.41, 5.74) is 1.80. The Morgan fingerprint density at radius 2 is 0.842 bits per heavy atom. The van der Waals surface area contributed by atoms with Crippen LogP contribution in [-0.2, 0) is 52.6 Å². The maximum atomic E-state index is 14.0. The number of hydrogen-bond donors (Lipinski definition) is 0. The molecule has 208 valence electrons. The fourth-order valence-electron chi connectivity index (χ4n) is 5.84. The van der Waals surface area contributed by atoms with Crippen molar-refractivity contribution in [3.05, 3.63) is 59.7 Å². The van der Waals surface area contributed by atoms with Gasteiger partial charge in [-0.15, -0.1) is 0 Å². The summed E-state index contributed by atoms with van der Waals surface area (Å²) in [5, 5.41) is 0. The molecule has 0 saturated carbocycles. The molecule has 5 rings (SSSR count). The molecule has 0 bridgehead atoms. The van der Waals surface area contributed by atoms with Gasteiger partial charge in [-0.1, -0.05) is 38.1 Å². The summed E-state index contributed by atoms with van der Waals surface area (Å²) < 4.78 is 109. The Morgan fingerprint density at radius 1 is 0.579 bits per heavy atom. The molecule has 0 radical (unpaired) electrons. The van der Waals surface area contributed by atoms with Crippen LogP contribution in [0.1, 0.15) is 25.0 Å². The highest BCUT2D eigenvalue weighted by atomic mass is 32.2. The minimum atomic E-state index is -4.36. The van der Waals surface area contributed by atoms with E-state index in [0.717, 1.165) is 19.7 Å². The van der Waals surface area contributed by atoms with E-state index >= 15 is 0 Å². The standard InChI is InChI=1S/C24H30N2O8S4/c1-3-17-5-9-19(10-6-17)37(31,32)25-21-13-35(27,28)15-23(21)26(24-16-36(29,30)14-22(24)25)38(33,34)20-11-7-18(4-2)8-12-20/h5-12,21-24H,3-4,13-16H2,1-2H3/t21-,22-,23+,24+. The molecule has 0 aromatic heterocycles. The second-order valence-electron chi connectivity index (χ2n) is 10.1. The van der Waals surface area contributed by atoms with Crippen LogP contribution in [0.3, 0.4) is 0 Å². The van der Waals surface area contributed by atoms with Crippen molar-refractivity contribution in [1.29, 1.82) is 0 Å². The maximum absolute atomic E-state index is 14.0. The molecule has 4 atom stereocenters. The van der Waals surface area contributed by atoms with E-state index in [4.69, 9.17) is 0 Å². The average Bonchev–Trinajstić information content (AvgIpc) is 3.34. The molecular weight excluding hydrogens is 573 g/mol. The average molecular weight is 603 g/mol. The second-order valence-corrected chi connectivity index (χ2v) is 18.1. The van der Waals surface area contributed by atoms with Gasteiger partial charge in [-0.05, 0) is 48.2 Å². The number of aryl methyl sites for hydroxylation is 2. The molecule has 10 nitrogen and oxygen atoms in total. The van der Waals surface area contributed by atoms with E-state index in [1.165, 1.54) is 24.3 Å². The Bertz CT molecular complexity index is 1500. The van der Waals surface area contributed by atoms with Crippen LogP contribution in [0.4, 0.5) is 0 Å². The highest BCUT2D eigenvalue weighted by Gasteiger charge is 2.63. The quantitative estimate of drug-likeness (QED) is 0.473. The van der Waals surface area contributed by atoms with Crippen LogP contribution in [-0.4, -0.2) is 89.5 Å². The van der Waals surface area contributed by atoms with Crippen molar-refractivity contribution in [1.82, 2.24) is 8.61 Å². The van der Waals surface area contributed by atoms with Crippen molar-refractivity contribution in [2.45, 2.75) is 60.6 Å². The van der Waals surface area contributed by atoms with Crippen LogP contribution >= 0.6 is 0 Å². The lowest BCUT2D eigenvalue weighted by Crippen LogP contribution is -2.69. The summed E-state index contributed by atoms with van der Waals surface area (Å²) in [6, 6.07) is 7.27. The first-order chi connectivity index (χ1) is 17.7. The van der Waals surface area contributed by atoms with Gasteiger partial charge in [0, 0.05) is 0 Å². The van der Waals surface area contributed by atoms with Gasteiger partial charge in [-0.3, -0.25) is 0 Å². The lowest BCUT2D eigenvalue weighted by atomic mass is 10.0. The molecule has 0 unspecified atom stereocenters. The largest absolute Gasteiger partial charge is 0.243 e. The predicted octanol–water partition coefficient (Wildman–Crippen LogP) is 0.838. The van der Waals surface area contributed by atoms with Gasteiger partial charge in [0.2, 0.25) is 20.0 Å². The first kappa shape index (κ1) is 27.7. The molecule has 0 amide bonds. The van der Waals surface area contributed by atoms with E-state index in [9.17, 15) is 33.7 Å². The van der Waals surface area contributed by atoms with Crippen LogP contribution in [0, 0.1) is 0 Å². The molecule has 0 aliphatic carbocycles. The number of benzene rings is 2. The summed E-state index contributed by atoms with van der Waals surface area (Å²) in [6.07, 6.45) is 1.37. The topological polar surface area (TPSA) is 143 Å².